The van der Waals surface area contributed by atoms with Crippen LogP contribution in [-0.2, 0) is 29.7 Å². The predicted molar refractivity (Wildman–Crippen MR) is 131 cm³/mol. The molecule has 1 amide bonds. The normalized spacial score (nSPS) is 12.5. The number of carbonyl (C=O) groups excluding carboxylic acids is 2. The third-order valence-electron chi connectivity index (χ3n) is 3.99. The van der Waals surface area contributed by atoms with E-state index in [0.29, 0.717) is 37.5 Å². The molecular formula is C24H35NO7S. The zero-order valence-corrected chi connectivity index (χ0v) is 20.3. The summed E-state index contributed by atoms with van der Waals surface area (Å²) in [4.78, 5) is 22.3. The molecule has 0 spiro atoms. The number of benzene rings is 1. The minimum Gasteiger partial charge on any atom is -0.427 e. The van der Waals surface area contributed by atoms with Crippen LogP contribution >= 0.6 is 12.0 Å². The molecule has 33 heavy (non-hydrogen) atoms. The van der Waals surface area contributed by atoms with E-state index in [2.05, 4.69) is 18.5 Å². The van der Waals surface area contributed by atoms with E-state index in [1.54, 1.807) is 57.6 Å². The number of aliphatic hydroxyl groups is 1. The number of nitrogens with one attached hydrogen (secondary N) is 1. The fourth-order valence-electron chi connectivity index (χ4n) is 2.45. The van der Waals surface area contributed by atoms with Gasteiger partial charge in [-0.1, -0.05) is 43.5 Å². The molecule has 8 nitrogen and oxygen atoms in total. The number of carbonyl (C=O) groups is 2. The number of esters is 1. The first-order valence-corrected chi connectivity index (χ1v) is 11.2. The van der Waals surface area contributed by atoms with Crippen LogP contribution < -0.4 is 10.1 Å². The number of amides is 1. The van der Waals surface area contributed by atoms with Crippen molar-refractivity contribution in [3.63, 3.8) is 0 Å². The Morgan fingerprint density at radius 1 is 1.24 bits per heavy atom. The second kappa shape index (κ2) is 20.2. The maximum Gasteiger partial charge on any atom is 0.312 e. The molecule has 2 N–H and O–H groups in total. The summed E-state index contributed by atoms with van der Waals surface area (Å²) in [5.74, 6) is 0.637. The molecule has 0 heterocycles. The van der Waals surface area contributed by atoms with Crippen molar-refractivity contribution < 1.29 is 33.1 Å². The van der Waals surface area contributed by atoms with Crippen molar-refractivity contribution in [3.05, 3.63) is 66.8 Å². The maximum atomic E-state index is 11.6. The highest BCUT2D eigenvalue weighted by Crippen LogP contribution is 2.16. The van der Waals surface area contributed by atoms with Crippen LogP contribution in [0.3, 0.4) is 0 Å². The first-order valence-electron chi connectivity index (χ1n) is 10.3. The molecule has 0 fully saturated rings. The van der Waals surface area contributed by atoms with E-state index < -0.39 is 12.3 Å². The van der Waals surface area contributed by atoms with Crippen LogP contribution in [0.2, 0.25) is 0 Å². The Labute approximate surface area is 200 Å². The van der Waals surface area contributed by atoms with Crippen molar-refractivity contribution in [2.75, 3.05) is 33.2 Å². The summed E-state index contributed by atoms with van der Waals surface area (Å²) in [7, 11) is 3.20. The fraction of sp³-hybridized carbons (Fsp3) is 0.417. The van der Waals surface area contributed by atoms with Crippen LogP contribution in [0.5, 0.6) is 5.75 Å². The van der Waals surface area contributed by atoms with Gasteiger partial charge in [-0.05, 0) is 48.7 Å². The number of methoxy groups -OCH3 is 1. The highest BCUT2D eigenvalue weighted by molar-refractivity contribution is 7.94. The van der Waals surface area contributed by atoms with Gasteiger partial charge in [0.1, 0.15) is 5.75 Å². The van der Waals surface area contributed by atoms with Gasteiger partial charge in [0.2, 0.25) is 6.41 Å². The van der Waals surface area contributed by atoms with Crippen LogP contribution in [0.25, 0.3) is 0 Å². The summed E-state index contributed by atoms with van der Waals surface area (Å²) < 4.78 is 20.0. The Hall–Kier alpha value is -2.43. The first kappa shape index (κ1) is 30.6. The van der Waals surface area contributed by atoms with Crippen molar-refractivity contribution >= 4 is 24.4 Å². The zero-order chi connectivity index (χ0) is 24.9. The number of rotatable bonds is 16. The molecule has 0 aliphatic rings. The standard InChI is InChI=1S/C16H23NO6S.C8H12O/c1-3-22-16(20)14(17-11-18)10-12-4-6-13(7-5-12)23-15(19)8-9-24-21-2;1-4-6-8(5-2)7-9-3/h4-7,11,14,16,20H,3,8-10H2,1-2H3,(H,17,18);4-6H,1-2,7H2,3H3/b;8-6+. The molecule has 2 atom stereocenters. The molecule has 0 radical (unpaired) electrons. The van der Waals surface area contributed by atoms with Gasteiger partial charge in [-0.3, -0.25) is 9.59 Å². The Morgan fingerprint density at radius 2 is 1.94 bits per heavy atom. The molecule has 0 aliphatic carbocycles. The van der Waals surface area contributed by atoms with Gasteiger partial charge in [-0.25, -0.2) is 0 Å². The Morgan fingerprint density at radius 3 is 2.45 bits per heavy atom. The highest BCUT2D eigenvalue weighted by Gasteiger charge is 2.19. The summed E-state index contributed by atoms with van der Waals surface area (Å²) in [5, 5.41) is 12.4. The van der Waals surface area contributed by atoms with Gasteiger partial charge in [0.15, 0.2) is 6.29 Å². The monoisotopic (exact) mass is 481 g/mol. The van der Waals surface area contributed by atoms with Crippen LogP contribution in [-0.4, -0.2) is 63.0 Å². The summed E-state index contributed by atoms with van der Waals surface area (Å²) in [6.45, 7) is 9.86. The predicted octanol–water partition coefficient (Wildman–Crippen LogP) is 3.22. The maximum absolute atomic E-state index is 11.6. The second-order valence-electron chi connectivity index (χ2n) is 6.41. The summed E-state index contributed by atoms with van der Waals surface area (Å²) in [6.07, 6.45) is 5.43. The van der Waals surface area contributed by atoms with Crippen LogP contribution in [0.1, 0.15) is 18.9 Å². The molecule has 184 valence electrons. The molecule has 1 rings (SSSR count). The summed E-state index contributed by atoms with van der Waals surface area (Å²) >= 11 is 1.20. The second-order valence-corrected chi connectivity index (χ2v) is 7.39. The van der Waals surface area contributed by atoms with Crippen molar-refractivity contribution in [1.82, 2.24) is 5.32 Å². The zero-order valence-electron chi connectivity index (χ0n) is 19.5. The van der Waals surface area contributed by atoms with Crippen LogP contribution in [0, 0.1) is 0 Å². The smallest absolute Gasteiger partial charge is 0.312 e. The van der Waals surface area contributed by atoms with Crippen molar-refractivity contribution in [1.29, 1.82) is 0 Å². The van der Waals surface area contributed by atoms with Gasteiger partial charge in [-0.2, -0.15) is 0 Å². The van der Waals surface area contributed by atoms with E-state index in [0.717, 1.165) is 11.1 Å². The molecule has 0 aliphatic heterocycles. The third kappa shape index (κ3) is 15.1. The highest BCUT2D eigenvalue weighted by atomic mass is 32.2. The number of allylic oxidation sites excluding steroid dienone is 2. The molecule has 2 unspecified atom stereocenters. The Bertz CT molecular complexity index is 722. The van der Waals surface area contributed by atoms with E-state index in [4.69, 9.17) is 18.4 Å². The number of hydrogen-bond donors (Lipinski definition) is 2. The third-order valence-corrected chi connectivity index (χ3v) is 4.59. The van der Waals surface area contributed by atoms with E-state index in [9.17, 15) is 14.7 Å². The molecule has 0 aromatic heterocycles. The first-order chi connectivity index (χ1) is 15.9. The lowest BCUT2D eigenvalue weighted by Gasteiger charge is -2.22. The van der Waals surface area contributed by atoms with E-state index in [-0.39, 0.29) is 12.4 Å². The van der Waals surface area contributed by atoms with Gasteiger partial charge in [-0.15, -0.1) is 0 Å². The number of aliphatic hydroxyl groups excluding tert-OH is 1. The van der Waals surface area contributed by atoms with E-state index in [1.807, 2.05) is 6.08 Å². The van der Waals surface area contributed by atoms with Gasteiger partial charge in [0, 0.05) is 19.5 Å². The van der Waals surface area contributed by atoms with E-state index in [1.165, 1.54) is 12.0 Å². The molecular weight excluding hydrogens is 446 g/mol. The minimum absolute atomic E-state index is 0.256. The topological polar surface area (TPSA) is 103 Å². The molecule has 0 saturated carbocycles. The lowest BCUT2D eigenvalue weighted by Crippen LogP contribution is -2.42. The van der Waals surface area contributed by atoms with Gasteiger partial charge < -0.3 is 28.8 Å². The lowest BCUT2D eigenvalue weighted by atomic mass is 10.1. The van der Waals surface area contributed by atoms with Crippen LogP contribution in [0.15, 0.2) is 61.2 Å². The average Bonchev–Trinajstić information content (AvgIpc) is 2.80. The number of hydrogen-bond acceptors (Lipinski definition) is 8. The summed E-state index contributed by atoms with van der Waals surface area (Å²) in [5.41, 5.74) is 1.91. The Balaban J connectivity index is 0.000000960. The quantitative estimate of drug-likeness (QED) is 0.0706. The SMILES string of the molecule is C=C/C=C(\C=C)COC.CCOC(O)C(Cc1ccc(OC(=O)CCSOC)cc1)NC=O. The largest absolute Gasteiger partial charge is 0.427 e. The van der Waals surface area contributed by atoms with Crippen molar-refractivity contribution in [2.24, 2.45) is 0 Å². The Kier molecular flexibility index (Phi) is 18.7. The molecule has 0 bridgehead atoms. The lowest BCUT2D eigenvalue weighted by molar-refractivity contribution is -0.133. The average molecular weight is 482 g/mol. The van der Waals surface area contributed by atoms with Crippen molar-refractivity contribution in [2.45, 2.75) is 32.1 Å². The van der Waals surface area contributed by atoms with E-state index >= 15 is 0 Å². The van der Waals surface area contributed by atoms with Crippen molar-refractivity contribution in [3.8, 4) is 5.75 Å². The van der Waals surface area contributed by atoms with Gasteiger partial charge in [0.05, 0.1) is 26.2 Å². The van der Waals surface area contributed by atoms with Gasteiger partial charge >= 0.3 is 5.97 Å². The van der Waals surface area contributed by atoms with Crippen LogP contribution in [0.4, 0.5) is 0 Å². The molecule has 9 heteroatoms. The minimum atomic E-state index is -1.09. The molecule has 1 aromatic carbocycles. The number of ether oxygens (including phenoxy) is 3. The van der Waals surface area contributed by atoms with Gasteiger partial charge in [0.25, 0.3) is 0 Å². The summed E-state index contributed by atoms with van der Waals surface area (Å²) in [6, 6.07) is 6.32. The molecule has 1 aromatic rings. The molecule has 0 saturated heterocycles. The fourth-order valence-corrected chi connectivity index (χ4v) is 2.86.